The molecule has 5 heteroatoms. The van der Waals surface area contributed by atoms with E-state index in [0.717, 1.165) is 10.2 Å². The van der Waals surface area contributed by atoms with Gasteiger partial charge in [0.2, 0.25) is 0 Å². The summed E-state index contributed by atoms with van der Waals surface area (Å²) < 4.78 is 14.4. The third-order valence-electron chi connectivity index (χ3n) is 2.58. The molecule has 0 aromatic carbocycles. The molecule has 0 saturated carbocycles. The van der Waals surface area contributed by atoms with E-state index < -0.39 is 0 Å². The molecule has 2 aromatic heterocycles. The molecule has 0 saturated heterocycles. The second-order valence-corrected chi connectivity index (χ2v) is 4.86. The average Bonchev–Trinajstić information content (AvgIpc) is 2.38. The van der Waals surface area contributed by atoms with Crippen molar-refractivity contribution in [2.45, 2.75) is 19.5 Å². The molecule has 1 atom stereocenters. The molecule has 0 spiro atoms. The molecule has 0 radical (unpaired) electrons. The Labute approximate surface area is 114 Å². The van der Waals surface area contributed by atoms with E-state index in [1.54, 1.807) is 18.5 Å². The average molecular weight is 310 g/mol. The number of pyridine rings is 2. The number of nitrogens with zero attached hydrogens (tertiary/aromatic N) is 2. The molecule has 94 valence electrons. The minimum atomic E-state index is -0.290. The second kappa shape index (κ2) is 6.02. The Hall–Kier alpha value is -1.33. The maximum absolute atomic E-state index is 13.5. The fraction of sp³-hybridized carbons (Fsp3) is 0.231. The van der Waals surface area contributed by atoms with Gasteiger partial charge in [-0.05, 0) is 47.1 Å². The molecule has 1 N–H and O–H groups in total. The van der Waals surface area contributed by atoms with Gasteiger partial charge in [0.25, 0.3) is 0 Å². The highest BCUT2D eigenvalue weighted by molar-refractivity contribution is 9.10. The molecule has 0 fully saturated rings. The predicted molar refractivity (Wildman–Crippen MR) is 71.4 cm³/mol. The van der Waals surface area contributed by atoms with Crippen LogP contribution in [0.4, 0.5) is 4.39 Å². The molecule has 2 rings (SSSR count). The summed E-state index contributed by atoms with van der Waals surface area (Å²) in [6, 6.07) is 6.69. The van der Waals surface area contributed by atoms with Crippen LogP contribution in [0.25, 0.3) is 0 Å². The van der Waals surface area contributed by atoms with Crippen LogP contribution in [-0.4, -0.2) is 9.97 Å². The smallest absolute Gasteiger partial charge is 0.146 e. The van der Waals surface area contributed by atoms with Gasteiger partial charge in [-0.2, -0.15) is 0 Å². The molecule has 0 aliphatic carbocycles. The van der Waals surface area contributed by atoms with Gasteiger partial charge < -0.3 is 5.32 Å². The lowest BCUT2D eigenvalue weighted by Crippen LogP contribution is -2.20. The molecule has 2 aromatic rings. The predicted octanol–water partition coefficient (Wildman–Crippen LogP) is 3.23. The van der Waals surface area contributed by atoms with Crippen molar-refractivity contribution in [1.29, 1.82) is 0 Å². The summed E-state index contributed by atoms with van der Waals surface area (Å²) in [4.78, 5) is 8.28. The van der Waals surface area contributed by atoms with E-state index in [2.05, 4.69) is 31.2 Å². The van der Waals surface area contributed by atoms with Gasteiger partial charge in [-0.15, -0.1) is 0 Å². The molecule has 0 bridgehead atoms. The fourth-order valence-electron chi connectivity index (χ4n) is 1.58. The summed E-state index contributed by atoms with van der Waals surface area (Å²) in [5.74, 6) is -0.290. The van der Waals surface area contributed by atoms with E-state index in [1.807, 2.05) is 19.1 Å². The minimum absolute atomic E-state index is 0.156. The molecule has 18 heavy (non-hydrogen) atoms. The minimum Gasteiger partial charge on any atom is -0.303 e. The lowest BCUT2D eigenvalue weighted by Gasteiger charge is -2.13. The Morgan fingerprint density at radius 3 is 2.83 bits per heavy atom. The van der Waals surface area contributed by atoms with Crippen LogP contribution in [0, 0.1) is 5.82 Å². The van der Waals surface area contributed by atoms with Crippen LogP contribution < -0.4 is 5.32 Å². The number of aromatic nitrogens is 2. The largest absolute Gasteiger partial charge is 0.303 e. The summed E-state index contributed by atoms with van der Waals surface area (Å²) in [5, 5.41) is 3.20. The first-order valence-corrected chi connectivity index (χ1v) is 6.40. The van der Waals surface area contributed by atoms with Crippen LogP contribution in [-0.2, 0) is 6.54 Å². The summed E-state index contributed by atoms with van der Waals surface area (Å²) in [5.41, 5.74) is 1.33. The van der Waals surface area contributed by atoms with Crippen molar-refractivity contribution in [1.82, 2.24) is 15.3 Å². The van der Waals surface area contributed by atoms with E-state index >= 15 is 0 Å². The zero-order chi connectivity index (χ0) is 13.0. The maximum Gasteiger partial charge on any atom is 0.146 e. The third kappa shape index (κ3) is 3.34. The van der Waals surface area contributed by atoms with Gasteiger partial charge >= 0.3 is 0 Å². The Morgan fingerprint density at radius 2 is 2.17 bits per heavy atom. The summed E-state index contributed by atoms with van der Waals surface area (Å²) in [6.45, 7) is 2.45. The van der Waals surface area contributed by atoms with Crippen molar-refractivity contribution in [3.8, 4) is 0 Å². The maximum atomic E-state index is 13.5. The van der Waals surface area contributed by atoms with E-state index in [-0.39, 0.29) is 11.9 Å². The molecule has 0 aliphatic rings. The van der Waals surface area contributed by atoms with Crippen molar-refractivity contribution in [3.63, 3.8) is 0 Å². The number of halogens is 2. The van der Waals surface area contributed by atoms with Crippen molar-refractivity contribution in [2.75, 3.05) is 0 Å². The van der Waals surface area contributed by atoms with Crippen LogP contribution in [0.5, 0.6) is 0 Å². The molecule has 2 heterocycles. The van der Waals surface area contributed by atoms with Crippen LogP contribution in [0.1, 0.15) is 24.4 Å². The number of hydrogen-bond donors (Lipinski definition) is 1. The molecular formula is C13H13BrFN3. The number of rotatable bonds is 4. The van der Waals surface area contributed by atoms with Gasteiger partial charge in [0.15, 0.2) is 0 Å². The highest BCUT2D eigenvalue weighted by Gasteiger charge is 2.11. The van der Waals surface area contributed by atoms with E-state index in [9.17, 15) is 4.39 Å². The second-order valence-electron chi connectivity index (χ2n) is 3.94. The van der Waals surface area contributed by atoms with Crippen LogP contribution >= 0.6 is 15.9 Å². The highest BCUT2D eigenvalue weighted by atomic mass is 79.9. The summed E-state index contributed by atoms with van der Waals surface area (Å²) >= 11 is 3.33. The first kappa shape index (κ1) is 13.1. The Morgan fingerprint density at radius 1 is 1.33 bits per heavy atom. The fourth-order valence-corrected chi connectivity index (χ4v) is 1.82. The zero-order valence-corrected chi connectivity index (χ0v) is 11.5. The zero-order valence-electron chi connectivity index (χ0n) is 9.90. The summed E-state index contributed by atoms with van der Waals surface area (Å²) in [7, 11) is 0. The highest BCUT2D eigenvalue weighted by Crippen LogP contribution is 2.14. The lowest BCUT2D eigenvalue weighted by atomic mass is 10.2. The lowest BCUT2D eigenvalue weighted by molar-refractivity contribution is 0.509. The topological polar surface area (TPSA) is 37.8 Å². The summed E-state index contributed by atoms with van der Waals surface area (Å²) in [6.07, 6.45) is 3.33. The van der Waals surface area contributed by atoms with Gasteiger partial charge in [0.05, 0.1) is 11.4 Å². The Bertz CT molecular complexity index is 516. The molecule has 3 nitrogen and oxygen atoms in total. The van der Waals surface area contributed by atoms with Crippen LogP contribution in [0.15, 0.2) is 41.1 Å². The van der Waals surface area contributed by atoms with Gasteiger partial charge in [-0.25, -0.2) is 4.39 Å². The van der Waals surface area contributed by atoms with Crippen molar-refractivity contribution in [3.05, 3.63) is 58.3 Å². The quantitative estimate of drug-likeness (QED) is 0.942. The molecular weight excluding hydrogens is 297 g/mol. The first-order valence-electron chi connectivity index (χ1n) is 5.61. The SMILES string of the molecule is C[C@@H](NCc1ccc(Br)cn1)c1ncccc1F. The monoisotopic (exact) mass is 309 g/mol. The van der Waals surface area contributed by atoms with E-state index in [0.29, 0.717) is 12.2 Å². The Kier molecular flexibility index (Phi) is 4.38. The van der Waals surface area contributed by atoms with E-state index in [1.165, 1.54) is 6.07 Å². The van der Waals surface area contributed by atoms with E-state index in [4.69, 9.17) is 0 Å². The molecule has 0 aliphatic heterocycles. The molecule has 0 unspecified atom stereocenters. The van der Waals surface area contributed by atoms with Gasteiger partial charge in [0.1, 0.15) is 5.82 Å². The van der Waals surface area contributed by atoms with Gasteiger partial charge in [-0.1, -0.05) is 0 Å². The normalized spacial score (nSPS) is 12.4. The van der Waals surface area contributed by atoms with Crippen LogP contribution in [0.2, 0.25) is 0 Å². The standard InChI is InChI=1S/C13H13BrFN3/c1-9(13-12(15)3-2-6-16-13)17-8-11-5-4-10(14)7-18-11/h2-7,9,17H,8H2,1H3/t9-/m1/s1. The van der Waals surface area contributed by atoms with Crippen molar-refractivity contribution < 1.29 is 4.39 Å². The van der Waals surface area contributed by atoms with Crippen LogP contribution in [0.3, 0.4) is 0 Å². The first-order chi connectivity index (χ1) is 8.66. The van der Waals surface area contributed by atoms with Crippen molar-refractivity contribution in [2.24, 2.45) is 0 Å². The number of nitrogens with one attached hydrogen (secondary N) is 1. The van der Waals surface area contributed by atoms with Gasteiger partial charge in [-0.3, -0.25) is 9.97 Å². The Balaban J connectivity index is 1.98. The molecule has 0 amide bonds. The number of hydrogen-bond acceptors (Lipinski definition) is 3. The van der Waals surface area contributed by atoms with Gasteiger partial charge in [0, 0.05) is 29.5 Å². The van der Waals surface area contributed by atoms with Crippen molar-refractivity contribution >= 4 is 15.9 Å². The third-order valence-corrected chi connectivity index (χ3v) is 3.04.